The largest absolute Gasteiger partial charge is 0.490 e. The monoisotopic (exact) mass is 606 g/mol. The van der Waals surface area contributed by atoms with Gasteiger partial charge in [0.1, 0.15) is 30.6 Å². The van der Waals surface area contributed by atoms with Crippen LogP contribution in [0.1, 0.15) is 23.6 Å². The molecule has 4 aromatic carbocycles. The highest BCUT2D eigenvalue weighted by atomic mass is 35.5. The minimum atomic E-state index is -0.572. The molecule has 4 aromatic rings. The maximum atomic E-state index is 12.9. The van der Waals surface area contributed by atoms with Crippen molar-refractivity contribution < 1.29 is 19.0 Å². The van der Waals surface area contributed by atoms with E-state index in [2.05, 4.69) is 5.32 Å². The van der Waals surface area contributed by atoms with E-state index >= 15 is 0 Å². The van der Waals surface area contributed by atoms with Crippen molar-refractivity contribution in [2.75, 3.05) is 11.9 Å². The van der Waals surface area contributed by atoms with E-state index in [4.69, 9.17) is 49.0 Å². The molecule has 0 unspecified atom stereocenters. The smallest absolute Gasteiger partial charge is 0.266 e. The molecular weight excluding hydrogens is 583 g/mol. The van der Waals surface area contributed by atoms with Crippen LogP contribution in [0.2, 0.25) is 15.1 Å². The van der Waals surface area contributed by atoms with Gasteiger partial charge in [-0.1, -0.05) is 71.2 Å². The second-order valence-electron chi connectivity index (χ2n) is 8.71. The molecule has 0 radical (unpaired) electrons. The zero-order valence-electron chi connectivity index (χ0n) is 22.0. The Bertz CT molecular complexity index is 1580. The maximum absolute atomic E-state index is 12.9. The molecule has 0 atom stereocenters. The standard InChI is InChI=1S/C32H25Cl3N2O4/c1-2-39-30-16-22(15-29(35)31(30)41-20-23-8-9-25(33)17-28(23)34)14-24(18-36)32(38)37-26-10-12-27(13-11-26)40-19-21-6-4-3-5-7-21/h3-17H,2,19-20H2,1H3,(H,37,38)/b24-14+. The number of nitrogens with one attached hydrogen (secondary N) is 1. The molecule has 0 aliphatic carbocycles. The average Bonchev–Trinajstić information content (AvgIpc) is 2.96. The Hall–Kier alpha value is -4.15. The summed E-state index contributed by atoms with van der Waals surface area (Å²) in [7, 11) is 0. The minimum absolute atomic E-state index is 0.116. The lowest BCUT2D eigenvalue weighted by molar-refractivity contribution is -0.112. The van der Waals surface area contributed by atoms with Crippen LogP contribution < -0.4 is 19.5 Å². The predicted octanol–water partition coefficient (Wildman–Crippen LogP) is 8.75. The first-order valence-electron chi connectivity index (χ1n) is 12.6. The highest BCUT2D eigenvalue weighted by molar-refractivity contribution is 6.35. The third kappa shape index (κ3) is 8.42. The summed E-state index contributed by atoms with van der Waals surface area (Å²) in [6.07, 6.45) is 1.43. The van der Waals surface area contributed by atoms with Crippen LogP contribution in [0.25, 0.3) is 6.08 Å². The van der Waals surface area contributed by atoms with E-state index < -0.39 is 5.91 Å². The fraction of sp³-hybridized carbons (Fsp3) is 0.125. The summed E-state index contributed by atoms with van der Waals surface area (Å²) < 4.78 is 17.5. The van der Waals surface area contributed by atoms with Gasteiger partial charge in [-0.2, -0.15) is 5.26 Å². The van der Waals surface area contributed by atoms with Gasteiger partial charge in [-0.15, -0.1) is 0 Å². The number of nitrogens with zero attached hydrogens (tertiary/aromatic N) is 1. The first-order valence-corrected chi connectivity index (χ1v) is 13.7. The van der Waals surface area contributed by atoms with Crippen LogP contribution in [-0.4, -0.2) is 12.5 Å². The first kappa shape index (κ1) is 29.8. The summed E-state index contributed by atoms with van der Waals surface area (Å²) in [6, 6.07) is 27.0. The molecule has 1 amide bonds. The molecular formula is C32H25Cl3N2O4. The molecule has 9 heteroatoms. The summed E-state index contributed by atoms with van der Waals surface area (Å²) in [5.41, 5.74) is 2.66. The highest BCUT2D eigenvalue weighted by Gasteiger charge is 2.16. The van der Waals surface area contributed by atoms with Crippen molar-refractivity contribution in [1.29, 1.82) is 5.26 Å². The number of rotatable bonds is 11. The van der Waals surface area contributed by atoms with Crippen LogP contribution >= 0.6 is 34.8 Å². The molecule has 0 aliphatic rings. The van der Waals surface area contributed by atoms with Gasteiger partial charge in [0.05, 0.1) is 11.6 Å². The quantitative estimate of drug-likeness (QED) is 0.136. The van der Waals surface area contributed by atoms with Crippen molar-refractivity contribution >= 4 is 52.5 Å². The maximum Gasteiger partial charge on any atom is 0.266 e. The number of carbonyl (C=O) groups is 1. The van der Waals surface area contributed by atoms with Gasteiger partial charge < -0.3 is 19.5 Å². The summed E-state index contributed by atoms with van der Waals surface area (Å²) in [5.74, 6) is 0.758. The lowest BCUT2D eigenvalue weighted by Crippen LogP contribution is -2.13. The molecule has 0 saturated carbocycles. The Balaban J connectivity index is 1.45. The third-order valence-corrected chi connectivity index (χ3v) is 6.62. The molecule has 0 spiro atoms. The van der Waals surface area contributed by atoms with Gasteiger partial charge in [0, 0.05) is 21.3 Å². The van der Waals surface area contributed by atoms with Crippen molar-refractivity contribution in [3.63, 3.8) is 0 Å². The fourth-order valence-electron chi connectivity index (χ4n) is 3.75. The van der Waals surface area contributed by atoms with Crippen molar-refractivity contribution in [2.24, 2.45) is 0 Å². The topological polar surface area (TPSA) is 80.6 Å². The highest BCUT2D eigenvalue weighted by Crippen LogP contribution is 2.38. The fourth-order valence-corrected chi connectivity index (χ4v) is 4.49. The van der Waals surface area contributed by atoms with E-state index in [0.717, 1.165) is 11.1 Å². The second-order valence-corrected chi connectivity index (χ2v) is 9.96. The Labute approximate surface area is 253 Å². The summed E-state index contributed by atoms with van der Waals surface area (Å²) in [6.45, 7) is 2.73. The number of benzene rings is 4. The summed E-state index contributed by atoms with van der Waals surface area (Å²) >= 11 is 18.8. The summed E-state index contributed by atoms with van der Waals surface area (Å²) in [5, 5.41) is 13.7. The van der Waals surface area contributed by atoms with E-state index in [9.17, 15) is 10.1 Å². The van der Waals surface area contributed by atoms with E-state index in [1.807, 2.05) is 43.3 Å². The molecule has 0 aliphatic heterocycles. The van der Waals surface area contributed by atoms with Crippen molar-refractivity contribution in [2.45, 2.75) is 20.1 Å². The van der Waals surface area contributed by atoms with Crippen LogP contribution in [0.15, 0.2) is 90.5 Å². The Morgan fingerprint density at radius 1 is 0.878 bits per heavy atom. The van der Waals surface area contributed by atoms with Gasteiger partial charge >= 0.3 is 0 Å². The number of carbonyl (C=O) groups excluding carboxylic acids is 1. The molecule has 6 nitrogen and oxygen atoms in total. The lowest BCUT2D eigenvalue weighted by Gasteiger charge is -2.15. The molecule has 0 saturated heterocycles. The van der Waals surface area contributed by atoms with Crippen LogP contribution in [0, 0.1) is 11.3 Å². The van der Waals surface area contributed by atoms with E-state index in [0.29, 0.717) is 51.8 Å². The Morgan fingerprint density at radius 2 is 1.63 bits per heavy atom. The first-order chi connectivity index (χ1) is 19.9. The second kappa shape index (κ2) is 14.5. The number of hydrogen-bond acceptors (Lipinski definition) is 5. The number of hydrogen-bond donors (Lipinski definition) is 1. The van der Waals surface area contributed by atoms with Gasteiger partial charge in [0.15, 0.2) is 11.5 Å². The van der Waals surface area contributed by atoms with Crippen LogP contribution in [0.3, 0.4) is 0 Å². The third-order valence-electron chi connectivity index (χ3n) is 5.76. The zero-order chi connectivity index (χ0) is 29.2. The number of halogens is 3. The van der Waals surface area contributed by atoms with Gasteiger partial charge in [-0.05, 0) is 72.7 Å². The lowest BCUT2D eigenvalue weighted by atomic mass is 10.1. The van der Waals surface area contributed by atoms with E-state index in [-0.39, 0.29) is 17.2 Å². The molecule has 0 fully saturated rings. The van der Waals surface area contributed by atoms with Crippen molar-refractivity contribution in [3.8, 4) is 23.3 Å². The van der Waals surface area contributed by atoms with Crippen LogP contribution in [-0.2, 0) is 18.0 Å². The number of anilines is 1. The molecule has 208 valence electrons. The van der Waals surface area contributed by atoms with E-state index in [1.54, 1.807) is 54.6 Å². The van der Waals surface area contributed by atoms with Crippen molar-refractivity contribution in [1.82, 2.24) is 0 Å². The Morgan fingerprint density at radius 3 is 2.32 bits per heavy atom. The zero-order valence-corrected chi connectivity index (χ0v) is 24.3. The normalized spacial score (nSPS) is 11.0. The SMILES string of the molecule is CCOc1cc(/C=C(\C#N)C(=O)Nc2ccc(OCc3ccccc3)cc2)cc(Cl)c1OCc1ccc(Cl)cc1Cl. The van der Waals surface area contributed by atoms with Crippen molar-refractivity contribution in [3.05, 3.63) is 122 Å². The molecule has 41 heavy (non-hydrogen) atoms. The minimum Gasteiger partial charge on any atom is -0.490 e. The van der Waals surface area contributed by atoms with Gasteiger partial charge in [-0.25, -0.2) is 0 Å². The van der Waals surface area contributed by atoms with Gasteiger partial charge in [-0.3, -0.25) is 4.79 Å². The number of ether oxygens (including phenoxy) is 3. The number of amides is 1. The van der Waals surface area contributed by atoms with Crippen LogP contribution in [0.5, 0.6) is 17.2 Å². The average molecular weight is 608 g/mol. The molecule has 0 aromatic heterocycles. The van der Waals surface area contributed by atoms with Crippen LogP contribution in [0.4, 0.5) is 5.69 Å². The Kier molecular flexibility index (Phi) is 10.5. The predicted molar refractivity (Wildman–Crippen MR) is 163 cm³/mol. The molecule has 0 bridgehead atoms. The number of nitriles is 1. The molecule has 1 N–H and O–H groups in total. The summed E-state index contributed by atoms with van der Waals surface area (Å²) in [4.78, 5) is 12.9. The van der Waals surface area contributed by atoms with Gasteiger partial charge in [0.25, 0.3) is 5.91 Å². The molecule has 4 rings (SSSR count). The van der Waals surface area contributed by atoms with E-state index in [1.165, 1.54) is 6.08 Å². The molecule has 0 heterocycles. The van der Waals surface area contributed by atoms with Gasteiger partial charge in [0.2, 0.25) is 0 Å².